The molecule has 9 heteroatoms. The van der Waals surface area contributed by atoms with E-state index < -0.39 is 11.0 Å². The second-order valence-electron chi connectivity index (χ2n) is 6.15. The first kappa shape index (κ1) is 17.0. The number of nitrogens with zero attached hydrogens (tertiary/aromatic N) is 3. The summed E-state index contributed by atoms with van der Waals surface area (Å²) >= 11 is 3.28. The Bertz CT molecular complexity index is 665. The van der Waals surface area contributed by atoms with Gasteiger partial charge in [-0.2, -0.15) is 0 Å². The van der Waals surface area contributed by atoms with Crippen molar-refractivity contribution in [2.75, 3.05) is 32.8 Å². The maximum atomic E-state index is 11.3. The molecule has 3 rings (SSSR count). The lowest BCUT2D eigenvalue weighted by molar-refractivity contribution is -0.385. The number of carbonyl (C=O) groups is 1. The molecule has 8 nitrogen and oxygen atoms in total. The largest absolute Gasteiger partial charge is 0.491 e. The van der Waals surface area contributed by atoms with Gasteiger partial charge < -0.3 is 14.7 Å². The van der Waals surface area contributed by atoms with Crippen molar-refractivity contribution in [3.05, 3.63) is 32.8 Å². The molecule has 2 fully saturated rings. The third-order valence-electron chi connectivity index (χ3n) is 4.58. The van der Waals surface area contributed by atoms with Gasteiger partial charge in [-0.25, -0.2) is 4.79 Å². The number of ether oxygens (including phenoxy) is 1. The summed E-state index contributed by atoms with van der Waals surface area (Å²) in [5, 5.41) is 20.0. The molecule has 1 aromatic rings. The molecule has 130 valence electrons. The zero-order chi connectivity index (χ0) is 17.3. The monoisotopic (exact) mass is 399 g/mol. The Morgan fingerprint density at radius 3 is 2.75 bits per heavy atom. The lowest BCUT2D eigenvalue weighted by atomic mass is 10.1. The Hall–Kier alpha value is -1.87. The molecule has 1 saturated heterocycles. The summed E-state index contributed by atoms with van der Waals surface area (Å²) in [5.41, 5.74) is -0.187. The SMILES string of the molecule is O=C(O)N1CCN(CCOc2ccc([N+](=O)[O-])cc2Br)CC12CC2. The number of nitro groups is 1. The van der Waals surface area contributed by atoms with Gasteiger partial charge in [0.05, 0.1) is 14.9 Å². The maximum Gasteiger partial charge on any atom is 0.407 e. The minimum Gasteiger partial charge on any atom is -0.491 e. The van der Waals surface area contributed by atoms with Gasteiger partial charge in [-0.05, 0) is 34.8 Å². The minimum atomic E-state index is -0.835. The number of hydrogen-bond acceptors (Lipinski definition) is 5. The average Bonchev–Trinajstić information content (AvgIpc) is 3.28. The molecular weight excluding hydrogens is 382 g/mol. The molecule has 0 aromatic heterocycles. The van der Waals surface area contributed by atoms with Crippen molar-refractivity contribution < 1.29 is 19.6 Å². The van der Waals surface area contributed by atoms with Crippen molar-refractivity contribution in [2.24, 2.45) is 0 Å². The Morgan fingerprint density at radius 1 is 1.42 bits per heavy atom. The van der Waals surface area contributed by atoms with Crippen molar-refractivity contribution in [3.63, 3.8) is 0 Å². The van der Waals surface area contributed by atoms with Crippen LogP contribution >= 0.6 is 15.9 Å². The normalized spacial score (nSPS) is 19.3. The molecule has 1 amide bonds. The van der Waals surface area contributed by atoms with E-state index >= 15 is 0 Å². The second-order valence-corrected chi connectivity index (χ2v) is 7.01. The van der Waals surface area contributed by atoms with Gasteiger partial charge >= 0.3 is 6.09 Å². The third kappa shape index (κ3) is 3.46. The van der Waals surface area contributed by atoms with E-state index in [-0.39, 0.29) is 11.2 Å². The standard InChI is InChI=1S/C15H18BrN3O5/c16-12-9-11(19(22)23)1-2-13(12)24-8-7-17-5-6-18(14(20)21)15(10-17)3-4-15/h1-2,9H,3-8,10H2,(H,20,21). The van der Waals surface area contributed by atoms with Crippen LogP contribution in [0.3, 0.4) is 0 Å². The Labute approximate surface area is 147 Å². The van der Waals surface area contributed by atoms with Crippen molar-refractivity contribution in [2.45, 2.75) is 18.4 Å². The molecule has 0 bridgehead atoms. The van der Waals surface area contributed by atoms with Crippen LogP contribution < -0.4 is 4.74 Å². The van der Waals surface area contributed by atoms with E-state index in [0.717, 1.165) is 19.4 Å². The Balaban J connectivity index is 1.51. The fourth-order valence-electron chi connectivity index (χ4n) is 3.13. The van der Waals surface area contributed by atoms with Crippen LogP contribution in [0.5, 0.6) is 5.75 Å². The van der Waals surface area contributed by atoms with Gasteiger partial charge in [0.2, 0.25) is 0 Å². The smallest absolute Gasteiger partial charge is 0.407 e. The molecule has 0 atom stereocenters. The van der Waals surface area contributed by atoms with Gasteiger partial charge in [0.15, 0.2) is 0 Å². The van der Waals surface area contributed by atoms with E-state index in [2.05, 4.69) is 20.8 Å². The molecule has 1 aliphatic heterocycles. The molecule has 0 radical (unpaired) electrons. The molecule has 1 heterocycles. The number of non-ortho nitro benzene ring substituents is 1. The minimum absolute atomic E-state index is 0.00897. The van der Waals surface area contributed by atoms with Crippen molar-refractivity contribution in [3.8, 4) is 5.75 Å². The van der Waals surface area contributed by atoms with Gasteiger partial charge in [-0.3, -0.25) is 15.0 Å². The zero-order valence-electron chi connectivity index (χ0n) is 13.0. The fraction of sp³-hybridized carbons (Fsp3) is 0.533. The lowest BCUT2D eigenvalue weighted by Crippen LogP contribution is -2.57. The fourth-order valence-corrected chi connectivity index (χ4v) is 3.61. The summed E-state index contributed by atoms with van der Waals surface area (Å²) in [7, 11) is 0. The molecule has 1 aromatic carbocycles. The van der Waals surface area contributed by atoms with E-state index in [1.54, 1.807) is 11.0 Å². The topological polar surface area (TPSA) is 96.2 Å². The van der Waals surface area contributed by atoms with Crippen LogP contribution in [0.2, 0.25) is 0 Å². The van der Waals surface area contributed by atoms with Gasteiger partial charge in [0.25, 0.3) is 5.69 Å². The Morgan fingerprint density at radius 2 is 2.17 bits per heavy atom. The molecule has 1 saturated carbocycles. The summed E-state index contributed by atoms with van der Waals surface area (Å²) in [6.45, 7) is 3.09. The highest BCUT2D eigenvalue weighted by molar-refractivity contribution is 9.10. The molecule has 1 spiro atoms. The van der Waals surface area contributed by atoms with Crippen molar-refractivity contribution in [1.82, 2.24) is 9.80 Å². The predicted molar refractivity (Wildman–Crippen MR) is 89.4 cm³/mol. The number of amides is 1. The van der Waals surface area contributed by atoms with Crippen LogP contribution in [0, 0.1) is 10.1 Å². The first-order valence-electron chi connectivity index (χ1n) is 7.71. The molecule has 24 heavy (non-hydrogen) atoms. The van der Waals surface area contributed by atoms with Gasteiger partial charge in [0.1, 0.15) is 12.4 Å². The molecule has 2 aliphatic rings. The van der Waals surface area contributed by atoms with Crippen LogP contribution in [0.1, 0.15) is 12.8 Å². The average molecular weight is 400 g/mol. The van der Waals surface area contributed by atoms with Crippen molar-refractivity contribution >= 4 is 27.7 Å². The predicted octanol–water partition coefficient (Wildman–Crippen LogP) is 2.56. The summed E-state index contributed by atoms with van der Waals surface area (Å²) in [6.07, 6.45) is 1.01. The molecular formula is C15H18BrN3O5. The highest BCUT2D eigenvalue weighted by Crippen LogP contribution is 2.44. The first-order chi connectivity index (χ1) is 11.4. The van der Waals surface area contributed by atoms with Crippen LogP contribution in [-0.2, 0) is 0 Å². The molecule has 1 N–H and O–H groups in total. The summed E-state index contributed by atoms with van der Waals surface area (Å²) < 4.78 is 6.24. The maximum absolute atomic E-state index is 11.3. The van der Waals surface area contributed by atoms with Crippen LogP contribution in [0.25, 0.3) is 0 Å². The third-order valence-corrected chi connectivity index (χ3v) is 5.20. The van der Waals surface area contributed by atoms with E-state index in [1.165, 1.54) is 12.1 Å². The van der Waals surface area contributed by atoms with Gasteiger partial charge in [0, 0.05) is 38.3 Å². The van der Waals surface area contributed by atoms with E-state index in [1.807, 2.05) is 0 Å². The second kappa shape index (κ2) is 6.56. The Kier molecular flexibility index (Phi) is 4.64. The number of piperazine rings is 1. The number of nitro benzene ring substituents is 1. The lowest BCUT2D eigenvalue weighted by Gasteiger charge is -2.40. The summed E-state index contributed by atoms with van der Waals surface area (Å²) in [5.74, 6) is 0.561. The zero-order valence-corrected chi connectivity index (χ0v) is 14.6. The van der Waals surface area contributed by atoms with Gasteiger partial charge in [-0.1, -0.05) is 0 Å². The number of rotatable bonds is 5. The highest BCUT2D eigenvalue weighted by atomic mass is 79.9. The number of benzene rings is 1. The van der Waals surface area contributed by atoms with Crippen LogP contribution in [0.4, 0.5) is 10.5 Å². The number of hydrogen-bond donors (Lipinski definition) is 1. The molecule has 0 unspecified atom stereocenters. The summed E-state index contributed by atoms with van der Waals surface area (Å²) in [4.78, 5) is 25.3. The first-order valence-corrected chi connectivity index (χ1v) is 8.50. The van der Waals surface area contributed by atoms with E-state index in [0.29, 0.717) is 36.5 Å². The van der Waals surface area contributed by atoms with Crippen LogP contribution in [0.15, 0.2) is 22.7 Å². The summed E-state index contributed by atoms with van der Waals surface area (Å²) in [6, 6.07) is 4.40. The quantitative estimate of drug-likeness (QED) is 0.603. The number of halogens is 1. The van der Waals surface area contributed by atoms with Crippen molar-refractivity contribution in [1.29, 1.82) is 0 Å². The van der Waals surface area contributed by atoms with E-state index in [4.69, 9.17) is 4.74 Å². The van der Waals surface area contributed by atoms with Crippen LogP contribution in [-0.4, -0.2) is 64.2 Å². The number of carboxylic acid groups (broad SMARTS) is 1. The highest BCUT2D eigenvalue weighted by Gasteiger charge is 2.53. The van der Waals surface area contributed by atoms with E-state index in [9.17, 15) is 20.0 Å². The van der Waals surface area contributed by atoms with Gasteiger partial charge in [-0.15, -0.1) is 0 Å². The molecule has 1 aliphatic carbocycles.